The van der Waals surface area contributed by atoms with E-state index >= 15 is 0 Å². The van der Waals surface area contributed by atoms with Crippen LogP contribution in [0.2, 0.25) is 5.02 Å². The van der Waals surface area contributed by atoms with Crippen molar-refractivity contribution in [1.29, 1.82) is 0 Å². The molecule has 3 aromatic rings. The number of sulfonamides is 1. The highest BCUT2D eigenvalue weighted by Gasteiger charge is 2.27. The van der Waals surface area contributed by atoms with E-state index in [1.165, 1.54) is 4.31 Å². The maximum Gasteiger partial charge on any atom is 0.248 e. The van der Waals surface area contributed by atoms with Gasteiger partial charge in [0.15, 0.2) is 0 Å². The molecule has 0 radical (unpaired) electrons. The summed E-state index contributed by atoms with van der Waals surface area (Å²) in [6, 6.07) is 13.7. The van der Waals surface area contributed by atoms with Gasteiger partial charge in [-0.3, -0.25) is 0 Å². The van der Waals surface area contributed by atoms with Gasteiger partial charge >= 0.3 is 0 Å². The van der Waals surface area contributed by atoms with Crippen LogP contribution in [0.3, 0.4) is 0 Å². The van der Waals surface area contributed by atoms with Crippen molar-refractivity contribution in [2.75, 3.05) is 13.1 Å². The number of hydrogen-bond acceptors (Lipinski definition) is 5. The van der Waals surface area contributed by atoms with Crippen LogP contribution in [0.5, 0.6) is 0 Å². The van der Waals surface area contributed by atoms with Crippen molar-refractivity contribution in [2.24, 2.45) is 0 Å². The lowest BCUT2D eigenvalue weighted by molar-refractivity contribution is 0.477. The molecule has 1 aliphatic rings. The molecule has 0 bridgehead atoms. The smallest absolute Gasteiger partial charge is 0.248 e. The Morgan fingerprint density at radius 1 is 0.923 bits per heavy atom. The summed E-state index contributed by atoms with van der Waals surface area (Å²) < 4.78 is 32.7. The van der Waals surface area contributed by atoms with E-state index in [1.807, 2.05) is 0 Å². The van der Waals surface area contributed by atoms with Gasteiger partial charge in [-0.1, -0.05) is 17.7 Å². The summed E-state index contributed by atoms with van der Waals surface area (Å²) in [6.45, 7) is 1.13. The summed E-state index contributed by atoms with van der Waals surface area (Å²) >= 11 is 5.89. The van der Waals surface area contributed by atoms with E-state index in [-0.39, 0.29) is 10.8 Å². The van der Waals surface area contributed by atoms with Crippen LogP contribution in [-0.4, -0.2) is 36.0 Å². The van der Waals surface area contributed by atoms with E-state index < -0.39 is 10.0 Å². The summed E-state index contributed by atoms with van der Waals surface area (Å²) in [5, 5.41) is 8.71. The van der Waals surface area contributed by atoms with E-state index in [0.717, 1.165) is 18.4 Å². The fourth-order valence-electron chi connectivity index (χ4n) is 2.92. The van der Waals surface area contributed by atoms with E-state index in [0.29, 0.717) is 29.6 Å². The Hall–Kier alpha value is -2.22. The van der Waals surface area contributed by atoms with Crippen molar-refractivity contribution in [3.63, 3.8) is 0 Å². The van der Waals surface area contributed by atoms with Gasteiger partial charge in [0, 0.05) is 29.2 Å². The number of halogens is 1. The van der Waals surface area contributed by atoms with Gasteiger partial charge < -0.3 is 4.42 Å². The summed E-state index contributed by atoms with van der Waals surface area (Å²) in [4.78, 5) is 0.239. The second kappa shape index (κ2) is 6.83. The molecule has 2 heterocycles. The van der Waals surface area contributed by atoms with Gasteiger partial charge in [-0.2, -0.15) is 4.31 Å². The summed E-state index contributed by atoms with van der Waals surface area (Å²) in [5.41, 5.74) is 1.31. The van der Waals surface area contributed by atoms with Crippen molar-refractivity contribution in [1.82, 2.24) is 14.5 Å². The average molecular weight is 390 g/mol. The SMILES string of the molecule is O=S(=O)(c1cccc(-c2nnc(-c3ccc(Cl)cc3)o2)c1)N1CCCC1. The standard InChI is InChI=1S/C18H16ClN3O3S/c19-15-8-6-13(7-9-15)17-20-21-18(25-17)14-4-3-5-16(12-14)26(23,24)22-10-1-2-11-22/h3-9,12H,1-2,10-11H2. The van der Waals surface area contributed by atoms with Gasteiger partial charge in [0.25, 0.3) is 0 Å². The zero-order valence-electron chi connectivity index (χ0n) is 13.8. The van der Waals surface area contributed by atoms with Gasteiger partial charge in [-0.25, -0.2) is 8.42 Å². The molecule has 134 valence electrons. The highest BCUT2D eigenvalue weighted by atomic mass is 35.5. The predicted molar refractivity (Wildman–Crippen MR) is 98.2 cm³/mol. The van der Waals surface area contributed by atoms with Crippen LogP contribution in [0.4, 0.5) is 0 Å². The first-order valence-corrected chi connectivity index (χ1v) is 10.1. The molecule has 0 aliphatic carbocycles. The minimum absolute atomic E-state index is 0.239. The summed E-state index contributed by atoms with van der Waals surface area (Å²) in [6.07, 6.45) is 1.79. The van der Waals surface area contributed by atoms with Crippen molar-refractivity contribution in [3.8, 4) is 22.9 Å². The average Bonchev–Trinajstić information content (AvgIpc) is 3.35. The highest BCUT2D eigenvalue weighted by Crippen LogP contribution is 2.28. The molecule has 0 unspecified atom stereocenters. The first kappa shape index (κ1) is 17.2. The molecular formula is C18H16ClN3O3S. The number of aromatic nitrogens is 2. The fourth-order valence-corrected chi connectivity index (χ4v) is 4.61. The normalized spacial score (nSPS) is 15.4. The molecule has 2 aromatic carbocycles. The number of hydrogen-bond donors (Lipinski definition) is 0. The third-order valence-corrected chi connectivity index (χ3v) is 6.45. The maximum atomic E-state index is 12.7. The second-order valence-electron chi connectivity index (χ2n) is 6.06. The molecular weight excluding hydrogens is 374 g/mol. The Morgan fingerprint density at radius 2 is 1.58 bits per heavy atom. The third-order valence-electron chi connectivity index (χ3n) is 4.30. The van der Waals surface area contributed by atoms with Gasteiger partial charge in [0.05, 0.1) is 4.90 Å². The monoisotopic (exact) mass is 389 g/mol. The first-order chi connectivity index (χ1) is 12.5. The molecule has 1 saturated heterocycles. The molecule has 6 nitrogen and oxygen atoms in total. The lowest BCUT2D eigenvalue weighted by Crippen LogP contribution is -2.27. The summed E-state index contributed by atoms with van der Waals surface area (Å²) in [5.74, 6) is 0.623. The molecule has 0 N–H and O–H groups in total. The van der Waals surface area contributed by atoms with Crippen LogP contribution in [0, 0.1) is 0 Å². The van der Waals surface area contributed by atoms with E-state index in [2.05, 4.69) is 10.2 Å². The predicted octanol–water partition coefficient (Wildman–Crippen LogP) is 3.84. The van der Waals surface area contributed by atoms with Crippen LogP contribution in [0.1, 0.15) is 12.8 Å². The molecule has 1 aliphatic heterocycles. The van der Waals surface area contributed by atoms with Gasteiger partial charge in [-0.05, 0) is 55.3 Å². The zero-order chi connectivity index (χ0) is 18.1. The van der Waals surface area contributed by atoms with Crippen LogP contribution < -0.4 is 0 Å². The number of rotatable bonds is 4. The van der Waals surface area contributed by atoms with Gasteiger partial charge in [0.2, 0.25) is 21.8 Å². The Kier molecular flexibility index (Phi) is 4.52. The number of benzene rings is 2. The van der Waals surface area contributed by atoms with Crippen molar-refractivity contribution >= 4 is 21.6 Å². The van der Waals surface area contributed by atoms with E-state index in [1.54, 1.807) is 48.5 Å². The van der Waals surface area contributed by atoms with Gasteiger partial charge in [0.1, 0.15) is 0 Å². The minimum Gasteiger partial charge on any atom is -0.416 e. The lowest BCUT2D eigenvalue weighted by Gasteiger charge is -2.15. The lowest BCUT2D eigenvalue weighted by atomic mass is 10.2. The topological polar surface area (TPSA) is 76.3 Å². The first-order valence-electron chi connectivity index (χ1n) is 8.24. The minimum atomic E-state index is -3.49. The molecule has 0 spiro atoms. The molecule has 26 heavy (non-hydrogen) atoms. The quantitative estimate of drug-likeness (QED) is 0.677. The van der Waals surface area contributed by atoms with Crippen LogP contribution in [-0.2, 0) is 10.0 Å². The molecule has 1 aromatic heterocycles. The third kappa shape index (κ3) is 3.25. The molecule has 0 amide bonds. The largest absolute Gasteiger partial charge is 0.416 e. The highest BCUT2D eigenvalue weighted by molar-refractivity contribution is 7.89. The Morgan fingerprint density at radius 3 is 2.27 bits per heavy atom. The Labute approximate surface area is 156 Å². The molecule has 0 atom stereocenters. The van der Waals surface area contributed by atoms with Crippen LogP contribution >= 0.6 is 11.6 Å². The zero-order valence-corrected chi connectivity index (χ0v) is 15.4. The van der Waals surface area contributed by atoms with Crippen molar-refractivity contribution < 1.29 is 12.8 Å². The molecule has 8 heteroatoms. The fraction of sp³-hybridized carbons (Fsp3) is 0.222. The van der Waals surface area contributed by atoms with Gasteiger partial charge in [-0.15, -0.1) is 10.2 Å². The van der Waals surface area contributed by atoms with Crippen LogP contribution in [0.25, 0.3) is 22.9 Å². The molecule has 4 rings (SSSR count). The Bertz CT molecular complexity index is 1030. The van der Waals surface area contributed by atoms with Crippen LogP contribution in [0.15, 0.2) is 57.8 Å². The molecule has 0 saturated carbocycles. The molecule has 1 fully saturated rings. The number of nitrogens with zero attached hydrogens (tertiary/aromatic N) is 3. The van der Waals surface area contributed by atoms with Crippen molar-refractivity contribution in [2.45, 2.75) is 17.7 Å². The second-order valence-corrected chi connectivity index (χ2v) is 8.43. The van der Waals surface area contributed by atoms with Crippen molar-refractivity contribution in [3.05, 3.63) is 53.6 Å². The Balaban J connectivity index is 1.66. The maximum absolute atomic E-state index is 12.7. The van der Waals surface area contributed by atoms with E-state index in [4.69, 9.17) is 16.0 Å². The summed E-state index contributed by atoms with van der Waals surface area (Å²) in [7, 11) is -3.49. The van der Waals surface area contributed by atoms with E-state index in [9.17, 15) is 8.42 Å².